The van der Waals surface area contributed by atoms with E-state index in [-0.39, 0.29) is 0 Å². The zero-order valence-electron chi connectivity index (χ0n) is 12.0. The van der Waals surface area contributed by atoms with Crippen LogP contribution in [0.4, 0.5) is 0 Å². The Morgan fingerprint density at radius 3 is 2.17 bits per heavy atom. The van der Waals surface area contributed by atoms with E-state index >= 15 is 0 Å². The van der Waals surface area contributed by atoms with Crippen LogP contribution in [0.15, 0.2) is 24.3 Å². The first-order valence-corrected chi connectivity index (χ1v) is 8.09. The van der Waals surface area contributed by atoms with Gasteiger partial charge in [-0.15, -0.1) is 0 Å². The molecule has 6 atom stereocenters. The summed E-state index contributed by atoms with van der Waals surface area (Å²) in [6, 6.07) is 0. The van der Waals surface area contributed by atoms with Crippen LogP contribution in [-0.4, -0.2) is 0 Å². The van der Waals surface area contributed by atoms with E-state index in [0.717, 1.165) is 35.5 Å². The molecule has 2 bridgehead atoms. The fraction of sp³-hybridized carbons (Fsp3) is 0.778. The van der Waals surface area contributed by atoms with Gasteiger partial charge in [0.1, 0.15) is 0 Å². The van der Waals surface area contributed by atoms with Gasteiger partial charge in [-0.2, -0.15) is 0 Å². The average Bonchev–Trinajstić information content (AvgIpc) is 3.04. The molecular formula is C18H28. The van der Waals surface area contributed by atoms with Crippen molar-refractivity contribution in [3.63, 3.8) is 0 Å². The second-order valence-electron chi connectivity index (χ2n) is 7.23. The molecule has 0 saturated heterocycles. The van der Waals surface area contributed by atoms with Gasteiger partial charge in [-0.05, 0) is 54.8 Å². The van der Waals surface area contributed by atoms with E-state index in [9.17, 15) is 0 Å². The Labute approximate surface area is 113 Å². The third-order valence-electron chi connectivity index (χ3n) is 5.65. The summed E-state index contributed by atoms with van der Waals surface area (Å²) in [5.74, 6) is 5.85. The molecule has 4 rings (SSSR count). The quantitative estimate of drug-likeness (QED) is 0.513. The van der Waals surface area contributed by atoms with E-state index in [1.807, 2.05) is 0 Å². The smallest absolute Gasteiger partial charge is 0.0133 e. The summed E-state index contributed by atoms with van der Waals surface area (Å²) in [5.41, 5.74) is 0. The highest BCUT2D eigenvalue weighted by molar-refractivity contribution is 5.21. The van der Waals surface area contributed by atoms with Gasteiger partial charge in [0.05, 0.1) is 0 Å². The molecule has 0 amide bonds. The van der Waals surface area contributed by atoms with Crippen molar-refractivity contribution >= 4 is 0 Å². The fourth-order valence-electron chi connectivity index (χ4n) is 4.71. The van der Waals surface area contributed by atoms with Gasteiger partial charge < -0.3 is 0 Å². The Kier molecular flexibility index (Phi) is 3.63. The molecule has 2 saturated carbocycles. The zero-order chi connectivity index (χ0) is 12.5. The first-order valence-electron chi connectivity index (χ1n) is 8.09. The third-order valence-corrected chi connectivity index (χ3v) is 5.65. The predicted molar refractivity (Wildman–Crippen MR) is 78.3 cm³/mol. The van der Waals surface area contributed by atoms with Gasteiger partial charge in [0.2, 0.25) is 0 Å². The van der Waals surface area contributed by atoms with Crippen molar-refractivity contribution in [1.82, 2.24) is 0 Å². The Hall–Kier alpha value is -0.520. The predicted octanol–water partition coefficient (Wildman–Crippen LogP) is 5.22. The van der Waals surface area contributed by atoms with Gasteiger partial charge >= 0.3 is 0 Å². The number of allylic oxidation sites excluding steroid dienone is 4. The van der Waals surface area contributed by atoms with Crippen LogP contribution in [-0.2, 0) is 0 Å². The second kappa shape index (κ2) is 5.23. The van der Waals surface area contributed by atoms with Crippen molar-refractivity contribution in [2.24, 2.45) is 35.5 Å². The molecule has 4 unspecified atom stereocenters. The summed E-state index contributed by atoms with van der Waals surface area (Å²) in [7, 11) is 0. The number of hydrogen-bond donors (Lipinski definition) is 0. The molecule has 0 aromatic carbocycles. The van der Waals surface area contributed by atoms with Gasteiger partial charge in [0.25, 0.3) is 0 Å². The van der Waals surface area contributed by atoms with Crippen molar-refractivity contribution in [3.05, 3.63) is 24.3 Å². The fourth-order valence-corrected chi connectivity index (χ4v) is 4.71. The van der Waals surface area contributed by atoms with Crippen LogP contribution < -0.4 is 0 Å². The summed E-state index contributed by atoms with van der Waals surface area (Å²) in [4.78, 5) is 0. The van der Waals surface area contributed by atoms with Crippen LogP contribution in [0.3, 0.4) is 0 Å². The minimum absolute atomic E-state index is 0.925. The largest absolute Gasteiger partial charge is 0.0879 e. The van der Waals surface area contributed by atoms with Crippen LogP contribution >= 0.6 is 0 Å². The number of fused-ring (bicyclic) bond motifs is 5. The number of rotatable bonds is 0. The molecule has 0 nitrogen and oxygen atoms in total. The Balaban J connectivity index is 0.000000115. The summed E-state index contributed by atoms with van der Waals surface area (Å²) in [5, 5.41) is 0. The molecule has 0 heterocycles. The van der Waals surface area contributed by atoms with Crippen LogP contribution in [0, 0.1) is 35.5 Å². The number of hydrogen-bond acceptors (Lipinski definition) is 0. The molecule has 0 aliphatic heterocycles. The van der Waals surface area contributed by atoms with Crippen LogP contribution in [0.2, 0.25) is 0 Å². The first-order chi connectivity index (χ1) is 8.74. The van der Waals surface area contributed by atoms with Crippen molar-refractivity contribution in [3.8, 4) is 0 Å². The maximum Gasteiger partial charge on any atom is -0.0133 e. The van der Waals surface area contributed by atoms with E-state index in [4.69, 9.17) is 0 Å². The second-order valence-corrected chi connectivity index (χ2v) is 7.23. The minimum Gasteiger partial charge on any atom is -0.0879 e. The van der Waals surface area contributed by atoms with Crippen molar-refractivity contribution in [2.75, 3.05) is 0 Å². The summed E-state index contributed by atoms with van der Waals surface area (Å²) in [6.07, 6.45) is 18.4. The Morgan fingerprint density at radius 1 is 0.833 bits per heavy atom. The van der Waals surface area contributed by atoms with Crippen molar-refractivity contribution in [1.29, 1.82) is 0 Å². The lowest BCUT2D eigenvalue weighted by atomic mass is 9.84. The van der Waals surface area contributed by atoms with Gasteiger partial charge in [-0.25, -0.2) is 0 Å². The monoisotopic (exact) mass is 244 g/mol. The molecule has 0 radical (unpaired) electrons. The van der Waals surface area contributed by atoms with Crippen LogP contribution in [0.1, 0.15) is 52.4 Å². The Bertz CT molecular complexity index is 330. The summed E-state index contributed by atoms with van der Waals surface area (Å²) >= 11 is 0. The molecule has 2 fully saturated rings. The molecule has 0 heteroatoms. The molecule has 0 aromatic heterocycles. The van der Waals surface area contributed by atoms with Crippen LogP contribution in [0.5, 0.6) is 0 Å². The van der Waals surface area contributed by atoms with E-state index in [1.54, 1.807) is 0 Å². The zero-order valence-corrected chi connectivity index (χ0v) is 12.0. The highest BCUT2D eigenvalue weighted by Gasteiger charge is 2.44. The van der Waals surface area contributed by atoms with Crippen molar-refractivity contribution < 1.29 is 0 Å². The molecule has 18 heavy (non-hydrogen) atoms. The van der Waals surface area contributed by atoms with E-state index in [0.29, 0.717) is 0 Å². The topological polar surface area (TPSA) is 0 Å². The standard InChI is InChI=1S/C10H12.C8H16/c1-2-9-7-4-5-8(6-7)10(9)3-1;1-7-4-3-5-8(2)6-7/h1-2,4-5,7-10H,3,6H2;7-8H,3-6H2,1-2H3/t;7-,8-/m.1/s1. The van der Waals surface area contributed by atoms with Gasteiger partial charge in [0.15, 0.2) is 0 Å². The maximum atomic E-state index is 2.44. The summed E-state index contributed by atoms with van der Waals surface area (Å²) < 4.78 is 0. The van der Waals surface area contributed by atoms with Gasteiger partial charge in [-0.3, -0.25) is 0 Å². The SMILES string of the molecule is C1=CC2C3C=CC(C3)C2C1.C[C@@H]1CCC[C@@H](C)C1. The average molecular weight is 244 g/mol. The first kappa shape index (κ1) is 12.5. The molecular weight excluding hydrogens is 216 g/mol. The lowest BCUT2D eigenvalue weighted by molar-refractivity contribution is 0.301. The Morgan fingerprint density at radius 2 is 1.56 bits per heavy atom. The van der Waals surface area contributed by atoms with Crippen LogP contribution in [0.25, 0.3) is 0 Å². The normalized spacial score (nSPS) is 47.9. The lowest BCUT2D eigenvalue weighted by Gasteiger charge is -2.22. The third kappa shape index (κ3) is 2.44. The highest BCUT2D eigenvalue weighted by atomic mass is 14.5. The molecule has 4 aliphatic carbocycles. The molecule has 0 N–H and O–H groups in total. The van der Waals surface area contributed by atoms with Crippen molar-refractivity contribution in [2.45, 2.75) is 52.4 Å². The lowest BCUT2D eigenvalue weighted by Crippen LogP contribution is -2.12. The van der Waals surface area contributed by atoms with E-state index in [2.05, 4.69) is 38.2 Å². The summed E-state index contributed by atoms with van der Waals surface area (Å²) in [6.45, 7) is 4.74. The molecule has 0 spiro atoms. The molecule has 0 aromatic rings. The van der Waals surface area contributed by atoms with E-state index < -0.39 is 0 Å². The maximum absolute atomic E-state index is 2.44. The molecule has 100 valence electrons. The van der Waals surface area contributed by atoms with Gasteiger partial charge in [-0.1, -0.05) is 57.4 Å². The van der Waals surface area contributed by atoms with Gasteiger partial charge in [0, 0.05) is 0 Å². The van der Waals surface area contributed by atoms with E-state index in [1.165, 1.54) is 38.5 Å². The minimum atomic E-state index is 0.925. The molecule has 4 aliphatic rings. The highest BCUT2D eigenvalue weighted by Crippen LogP contribution is 2.52.